The molecule has 0 unspecified atom stereocenters. The SMILES string of the molecule is COc1cc(CCN)cc2c1ONO2. The fourth-order valence-corrected chi connectivity index (χ4v) is 1.38. The van der Waals surface area contributed by atoms with E-state index in [2.05, 4.69) is 5.64 Å². The number of nitrogens with one attached hydrogen (secondary N) is 1. The Bertz CT molecular complexity index is 341. The summed E-state index contributed by atoms with van der Waals surface area (Å²) in [4.78, 5) is 10.1. The molecule has 2 rings (SSSR count). The van der Waals surface area contributed by atoms with Gasteiger partial charge in [0.15, 0.2) is 11.5 Å². The summed E-state index contributed by atoms with van der Waals surface area (Å²) in [7, 11) is 1.59. The minimum atomic E-state index is 0.577. The molecule has 0 aliphatic carbocycles. The first-order valence-electron chi connectivity index (χ1n) is 4.35. The maximum absolute atomic E-state index is 5.47. The summed E-state index contributed by atoms with van der Waals surface area (Å²) >= 11 is 0. The van der Waals surface area contributed by atoms with Crippen molar-refractivity contribution in [2.75, 3.05) is 13.7 Å². The van der Waals surface area contributed by atoms with E-state index < -0.39 is 0 Å². The van der Waals surface area contributed by atoms with Crippen LogP contribution in [-0.2, 0) is 6.42 Å². The van der Waals surface area contributed by atoms with Crippen LogP contribution in [0.3, 0.4) is 0 Å². The summed E-state index contributed by atoms with van der Waals surface area (Å²) in [5.41, 5.74) is 8.85. The zero-order valence-electron chi connectivity index (χ0n) is 7.87. The lowest BCUT2D eigenvalue weighted by Crippen LogP contribution is -2.14. The molecule has 0 atom stereocenters. The van der Waals surface area contributed by atoms with E-state index in [0.29, 0.717) is 23.8 Å². The van der Waals surface area contributed by atoms with Gasteiger partial charge in [-0.25, -0.2) is 0 Å². The van der Waals surface area contributed by atoms with Gasteiger partial charge in [0.05, 0.1) is 7.11 Å². The number of fused-ring (bicyclic) bond motifs is 1. The molecule has 0 spiro atoms. The highest BCUT2D eigenvalue weighted by Crippen LogP contribution is 2.40. The number of ether oxygens (including phenoxy) is 1. The number of rotatable bonds is 3. The molecule has 1 aromatic carbocycles. The molecule has 0 fully saturated rings. The van der Waals surface area contributed by atoms with Gasteiger partial charge in [0.25, 0.3) is 0 Å². The Kier molecular flexibility index (Phi) is 2.43. The van der Waals surface area contributed by atoms with Gasteiger partial charge < -0.3 is 20.1 Å². The van der Waals surface area contributed by atoms with Gasteiger partial charge in [-0.3, -0.25) is 0 Å². The van der Waals surface area contributed by atoms with Crippen molar-refractivity contribution in [2.24, 2.45) is 5.73 Å². The van der Waals surface area contributed by atoms with Crippen molar-refractivity contribution < 1.29 is 14.4 Å². The second kappa shape index (κ2) is 3.73. The summed E-state index contributed by atoms with van der Waals surface area (Å²) in [6.07, 6.45) is 0.785. The molecule has 3 N–H and O–H groups in total. The van der Waals surface area contributed by atoms with Crippen molar-refractivity contribution in [3.8, 4) is 17.2 Å². The summed E-state index contributed by atoms with van der Waals surface area (Å²) in [5.74, 6) is 1.86. The Hall–Kier alpha value is -1.46. The van der Waals surface area contributed by atoms with E-state index in [1.165, 1.54) is 0 Å². The van der Waals surface area contributed by atoms with E-state index >= 15 is 0 Å². The van der Waals surface area contributed by atoms with E-state index in [1.807, 2.05) is 12.1 Å². The lowest BCUT2D eigenvalue weighted by atomic mass is 10.1. The molecule has 1 aliphatic heterocycles. The van der Waals surface area contributed by atoms with E-state index in [4.69, 9.17) is 20.1 Å². The van der Waals surface area contributed by atoms with E-state index in [1.54, 1.807) is 7.11 Å². The third kappa shape index (κ3) is 1.47. The van der Waals surface area contributed by atoms with E-state index in [0.717, 1.165) is 12.0 Å². The Labute approximate surface area is 81.7 Å². The van der Waals surface area contributed by atoms with Gasteiger partial charge in [0.1, 0.15) is 0 Å². The van der Waals surface area contributed by atoms with Gasteiger partial charge >= 0.3 is 0 Å². The predicted molar refractivity (Wildman–Crippen MR) is 50.1 cm³/mol. The number of hydrogen-bond donors (Lipinski definition) is 2. The Morgan fingerprint density at radius 1 is 1.43 bits per heavy atom. The van der Waals surface area contributed by atoms with E-state index in [9.17, 15) is 0 Å². The number of nitrogens with two attached hydrogens (primary N) is 1. The van der Waals surface area contributed by atoms with Gasteiger partial charge in [-0.15, -0.1) is 0 Å². The normalized spacial score (nSPS) is 13.0. The Morgan fingerprint density at radius 2 is 2.29 bits per heavy atom. The van der Waals surface area contributed by atoms with Crippen molar-refractivity contribution in [3.05, 3.63) is 17.7 Å². The first kappa shape index (κ1) is 9.11. The number of benzene rings is 1. The highest BCUT2D eigenvalue weighted by atomic mass is 16.9. The summed E-state index contributed by atoms with van der Waals surface area (Å²) in [6, 6.07) is 3.77. The third-order valence-corrected chi connectivity index (χ3v) is 2.03. The van der Waals surface area contributed by atoms with Gasteiger partial charge in [-0.1, -0.05) is 0 Å². The van der Waals surface area contributed by atoms with E-state index in [-0.39, 0.29) is 0 Å². The molecule has 0 radical (unpaired) electrons. The van der Waals surface area contributed by atoms with Gasteiger partial charge in [-0.05, 0) is 30.7 Å². The summed E-state index contributed by atoms with van der Waals surface area (Å²) in [5, 5.41) is 0. The molecule has 1 heterocycles. The molecule has 14 heavy (non-hydrogen) atoms. The predicted octanol–water partition coefficient (Wildman–Crippen LogP) is 0.387. The second-order valence-corrected chi connectivity index (χ2v) is 2.95. The van der Waals surface area contributed by atoms with Crippen LogP contribution in [0.2, 0.25) is 0 Å². The van der Waals surface area contributed by atoms with Crippen molar-refractivity contribution in [1.29, 1.82) is 0 Å². The highest BCUT2D eigenvalue weighted by molar-refractivity contribution is 5.54. The van der Waals surface area contributed by atoms with Gasteiger partial charge in [0, 0.05) is 5.64 Å². The van der Waals surface area contributed by atoms with Crippen LogP contribution in [0.5, 0.6) is 17.2 Å². The molecule has 0 bridgehead atoms. The number of methoxy groups -OCH3 is 1. The average molecular weight is 196 g/mol. The molecule has 0 saturated heterocycles. The van der Waals surface area contributed by atoms with Gasteiger partial charge in [0.2, 0.25) is 5.75 Å². The van der Waals surface area contributed by atoms with Crippen molar-refractivity contribution in [3.63, 3.8) is 0 Å². The Balaban J connectivity index is 2.39. The van der Waals surface area contributed by atoms with Crippen molar-refractivity contribution >= 4 is 0 Å². The monoisotopic (exact) mass is 196 g/mol. The molecule has 76 valence electrons. The quantitative estimate of drug-likeness (QED) is 0.732. The second-order valence-electron chi connectivity index (χ2n) is 2.95. The summed E-state index contributed by atoms with van der Waals surface area (Å²) in [6.45, 7) is 0.593. The smallest absolute Gasteiger partial charge is 0.237 e. The molecular weight excluding hydrogens is 184 g/mol. The van der Waals surface area contributed by atoms with Crippen LogP contribution in [0.1, 0.15) is 5.56 Å². The highest BCUT2D eigenvalue weighted by Gasteiger charge is 2.20. The van der Waals surface area contributed by atoms with Crippen LogP contribution in [0.4, 0.5) is 0 Å². The standard InChI is InChI=1S/C9H12N2O3/c1-12-7-4-6(2-3-10)5-8-9(7)14-11-13-8/h4-5,11H,2-3,10H2,1H3. The molecule has 5 nitrogen and oxygen atoms in total. The van der Waals surface area contributed by atoms with Crippen LogP contribution in [0.15, 0.2) is 12.1 Å². The van der Waals surface area contributed by atoms with Crippen LogP contribution in [0, 0.1) is 0 Å². The zero-order valence-corrected chi connectivity index (χ0v) is 7.87. The minimum absolute atomic E-state index is 0.577. The first-order chi connectivity index (χ1) is 6.85. The largest absolute Gasteiger partial charge is 0.493 e. The first-order valence-corrected chi connectivity index (χ1v) is 4.35. The Morgan fingerprint density at radius 3 is 3.00 bits per heavy atom. The van der Waals surface area contributed by atoms with Crippen LogP contribution in [0.25, 0.3) is 0 Å². The molecule has 1 aliphatic rings. The molecule has 0 amide bonds. The lowest BCUT2D eigenvalue weighted by Gasteiger charge is -2.05. The molecule has 1 aromatic rings. The topological polar surface area (TPSA) is 65.7 Å². The van der Waals surface area contributed by atoms with Crippen LogP contribution in [-0.4, -0.2) is 13.7 Å². The third-order valence-electron chi connectivity index (χ3n) is 2.03. The number of hydrogen-bond acceptors (Lipinski definition) is 5. The lowest BCUT2D eigenvalue weighted by molar-refractivity contribution is 0.0247. The maximum atomic E-state index is 5.47. The average Bonchev–Trinajstić information content (AvgIpc) is 2.65. The maximum Gasteiger partial charge on any atom is 0.237 e. The fourth-order valence-electron chi connectivity index (χ4n) is 1.38. The molecule has 5 heteroatoms. The molecule has 0 aromatic heterocycles. The minimum Gasteiger partial charge on any atom is -0.493 e. The van der Waals surface area contributed by atoms with Crippen molar-refractivity contribution in [2.45, 2.75) is 6.42 Å². The van der Waals surface area contributed by atoms with Crippen LogP contribution >= 0.6 is 0 Å². The van der Waals surface area contributed by atoms with Gasteiger partial charge in [-0.2, -0.15) is 0 Å². The molecule has 0 saturated carbocycles. The van der Waals surface area contributed by atoms with Crippen LogP contribution < -0.4 is 25.8 Å². The fraction of sp³-hybridized carbons (Fsp3) is 0.333. The zero-order chi connectivity index (χ0) is 9.97. The van der Waals surface area contributed by atoms with Crippen molar-refractivity contribution in [1.82, 2.24) is 5.64 Å². The summed E-state index contributed by atoms with van der Waals surface area (Å²) < 4.78 is 5.16. The molecular formula is C9H12N2O3.